The van der Waals surface area contributed by atoms with Gasteiger partial charge in [0.1, 0.15) is 0 Å². The number of aromatic nitrogens is 1. The lowest BCUT2D eigenvalue weighted by molar-refractivity contribution is 0.0701. The van der Waals surface area contributed by atoms with Crippen LogP contribution in [0, 0.1) is 0 Å². The average Bonchev–Trinajstić information content (AvgIpc) is 2.35. The molecule has 1 heterocycles. The average molecular weight is 302 g/mol. The Labute approximate surface area is 111 Å². The topological polar surface area (TPSA) is 50.2 Å². The Hall–Kier alpha value is -1.94. The molecule has 0 aliphatic rings. The summed E-state index contributed by atoms with van der Waals surface area (Å²) in [6.07, 6.45) is 0. The van der Waals surface area contributed by atoms with Crippen molar-refractivity contribution >= 4 is 43.7 Å². The number of nitrogens with zero attached hydrogens (tertiary/aromatic N) is 1. The van der Waals surface area contributed by atoms with Crippen LogP contribution in [0.25, 0.3) is 21.8 Å². The Morgan fingerprint density at radius 3 is 2.56 bits per heavy atom. The third kappa shape index (κ3) is 1.66. The third-order valence-corrected chi connectivity index (χ3v) is 3.35. The van der Waals surface area contributed by atoms with Gasteiger partial charge in [0.25, 0.3) is 0 Å². The van der Waals surface area contributed by atoms with E-state index in [1.807, 2.05) is 30.3 Å². The van der Waals surface area contributed by atoms with Crippen LogP contribution in [0.2, 0.25) is 0 Å². The molecule has 0 atom stereocenters. The zero-order valence-corrected chi connectivity index (χ0v) is 10.8. The van der Waals surface area contributed by atoms with E-state index in [0.29, 0.717) is 27.4 Å². The van der Waals surface area contributed by atoms with Crippen LogP contribution < -0.4 is 0 Å². The number of aromatic carboxylic acids is 1. The Balaban J connectivity index is 2.59. The second-order valence-corrected chi connectivity index (χ2v) is 4.89. The van der Waals surface area contributed by atoms with Gasteiger partial charge >= 0.3 is 5.97 Å². The molecule has 0 radical (unpaired) electrons. The fourth-order valence-electron chi connectivity index (χ4n) is 2.09. The van der Waals surface area contributed by atoms with Gasteiger partial charge in [-0.25, -0.2) is 9.78 Å². The number of carbonyl (C=O) groups is 1. The zero-order valence-electron chi connectivity index (χ0n) is 9.22. The van der Waals surface area contributed by atoms with Crippen molar-refractivity contribution in [3.63, 3.8) is 0 Å². The molecule has 1 aromatic heterocycles. The first-order valence-electron chi connectivity index (χ1n) is 5.38. The summed E-state index contributed by atoms with van der Waals surface area (Å²) in [6, 6.07) is 12.7. The summed E-state index contributed by atoms with van der Waals surface area (Å²) in [5, 5.41) is 10.7. The minimum absolute atomic E-state index is 0.303. The summed E-state index contributed by atoms with van der Waals surface area (Å²) in [4.78, 5) is 16.0. The molecule has 0 aliphatic carbocycles. The van der Waals surface area contributed by atoms with Crippen molar-refractivity contribution in [2.24, 2.45) is 0 Å². The van der Waals surface area contributed by atoms with Crippen molar-refractivity contribution in [3.8, 4) is 0 Å². The summed E-state index contributed by atoms with van der Waals surface area (Å²) in [7, 11) is 0. The predicted octanol–water partition coefficient (Wildman–Crippen LogP) is 3.85. The minimum atomic E-state index is -0.934. The molecule has 2 aromatic carbocycles. The number of carboxylic acids is 1. The standard InChI is InChI=1S/C14H8BrNO2/c15-8-5-6-12-10(7-8)13(14(17)18)9-3-1-2-4-11(9)16-12/h1-7H,(H,17,18). The molecule has 0 fully saturated rings. The molecule has 0 unspecified atom stereocenters. The van der Waals surface area contributed by atoms with E-state index >= 15 is 0 Å². The summed E-state index contributed by atoms with van der Waals surface area (Å²) in [5.74, 6) is -0.934. The van der Waals surface area contributed by atoms with Gasteiger partial charge in [0, 0.05) is 15.2 Å². The lowest BCUT2D eigenvalue weighted by Crippen LogP contribution is -2.00. The molecule has 0 bridgehead atoms. The Morgan fingerprint density at radius 2 is 1.78 bits per heavy atom. The van der Waals surface area contributed by atoms with E-state index < -0.39 is 5.97 Å². The maximum atomic E-state index is 11.5. The molecule has 0 saturated heterocycles. The first-order valence-corrected chi connectivity index (χ1v) is 6.17. The van der Waals surface area contributed by atoms with Crippen molar-refractivity contribution in [2.45, 2.75) is 0 Å². The molecule has 0 spiro atoms. The van der Waals surface area contributed by atoms with Gasteiger partial charge in [0.15, 0.2) is 0 Å². The van der Waals surface area contributed by atoms with Crippen molar-refractivity contribution in [3.05, 3.63) is 52.5 Å². The van der Waals surface area contributed by atoms with Crippen molar-refractivity contribution < 1.29 is 9.90 Å². The highest BCUT2D eigenvalue weighted by molar-refractivity contribution is 9.10. The van der Waals surface area contributed by atoms with E-state index in [1.165, 1.54) is 0 Å². The lowest BCUT2D eigenvalue weighted by atomic mass is 10.0. The number of benzene rings is 2. The summed E-state index contributed by atoms with van der Waals surface area (Å²) < 4.78 is 0.842. The van der Waals surface area contributed by atoms with Crippen LogP contribution in [0.4, 0.5) is 0 Å². The first kappa shape index (κ1) is 11.2. The zero-order chi connectivity index (χ0) is 12.7. The summed E-state index contributed by atoms with van der Waals surface area (Å²) >= 11 is 3.36. The number of rotatable bonds is 1. The van der Waals surface area contributed by atoms with Gasteiger partial charge in [-0.05, 0) is 24.3 Å². The number of halogens is 1. The Morgan fingerprint density at radius 1 is 1.06 bits per heavy atom. The molecule has 88 valence electrons. The molecule has 0 aliphatic heterocycles. The maximum absolute atomic E-state index is 11.5. The highest BCUT2D eigenvalue weighted by Crippen LogP contribution is 2.28. The SMILES string of the molecule is O=C(O)c1c2ccccc2nc2ccc(Br)cc12. The quantitative estimate of drug-likeness (QED) is 0.695. The highest BCUT2D eigenvalue weighted by atomic mass is 79.9. The van der Waals surface area contributed by atoms with E-state index in [4.69, 9.17) is 0 Å². The molecular formula is C14H8BrNO2. The van der Waals surface area contributed by atoms with Gasteiger partial charge in [-0.15, -0.1) is 0 Å². The number of para-hydroxylation sites is 1. The number of carboxylic acid groups (broad SMARTS) is 1. The van der Waals surface area contributed by atoms with Crippen LogP contribution in [0.5, 0.6) is 0 Å². The normalized spacial score (nSPS) is 10.9. The maximum Gasteiger partial charge on any atom is 0.337 e. The van der Waals surface area contributed by atoms with Gasteiger partial charge in [-0.2, -0.15) is 0 Å². The second-order valence-electron chi connectivity index (χ2n) is 3.97. The van der Waals surface area contributed by atoms with E-state index in [-0.39, 0.29) is 0 Å². The van der Waals surface area contributed by atoms with Crippen LogP contribution in [0.3, 0.4) is 0 Å². The van der Waals surface area contributed by atoms with Crippen LogP contribution >= 0.6 is 15.9 Å². The number of fused-ring (bicyclic) bond motifs is 2. The molecule has 3 nitrogen and oxygen atoms in total. The monoisotopic (exact) mass is 301 g/mol. The molecule has 3 aromatic rings. The minimum Gasteiger partial charge on any atom is -0.478 e. The molecule has 1 N–H and O–H groups in total. The van der Waals surface area contributed by atoms with Crippen LogP contribution in [0.1, 0.15) is 10.4 Å². The third-order valence-electron chi connectivity index (χ3n) is 2.86. The largest absolute Gasteiger partial charge is 0.478 e. The second kappa shape index (κ2) is 4.07. The molecule has 3 rings (SSSR count). The molecule has 4 heteroatoms. The van der Waals surface area contributed by atoms with E-state index in [1.54, 1.807) is 12.1 Å². The van der Waals surface area contributed by atoms with Gasteiger partial charge in [0.2, 0.25) is 0 Å². The van der Waals surface area contributed by atoms with E-state index in [0.717, 1.165) is 4.47 Å². The Bertz CT molecular complexity index is 783. The predicted molar refractivity (Wildman–Crippen MR) is 73.9 cm³/mol. The lowest BCUT2D eigenvalue weighted by Gasteiger charge is -2.07. The van der Waals surface area contributed by atoms with Gasteiger partial charge < -0.3 is 5.11 Å². The highest BCUT2D eigenvalue weighted by Gasteiger charge is 2.14. The van der Waals surface area contributed by atoms with Crippen LogP contribution in [-0.4, -0.2) is 16.1 Å². The van der Waals surface area contributed by atoms with Gasteiger partial charge in [-0.1, -0.05) is 34.1 Å². The van der Waals surface area contributed by atoms with Crippen molar-refractivity contribution in [2.75, 3.05) is 0 Å². The first-order chi connectivity index (χ1) is 8.66. The fraction of sp³-hybridized carbons (Fsp3) is 0. The Kier molecular flexibility index (Phi) is 2.52. The van der Waals surface area contributed by atoms with E-state index in [2.05, 4.69) is 20.9 Å². The smallest absolute Gasteiger partial charge is 0.337 e. The number of hydrogen-bond acceptors (Lipinski definition) is 2. The van der Waals surface area contributed by atoms with Crippen LogP contribution in [-0.2, 0) is 0 Å². The number of hydrogen-bond donors (Lipinski definition) is 1. The molecule has 0 amide bonds. The number of pyridine rings is 1. The summed E-state index contributed by atoms with van der Waals surface area (Å²) in [6.45, 7) is 0. The van der Waals surface area contributed by atoms with Gasteiger partial charge in [-0.3, -0.25) is 0 Å². The fourth-order valence-corrected chi connectivity index (χ4v) is 2.45. The van der Waals surface area contributed by atoms with E-state index in [9.17, 15) is 9.90 Å². The van der Waals surface area contributed by atoms with Crippen LogP contribution in [0.15, 0.2) is 46.9 Å². The van der Waals surface area contributed by atoms with Crippen molar-refractivity contribution in [1.82, 2.24) is 4.98 Å². The molecule has 0 saturated carbocycles. The van der Waals surface area contributed by atoms with Crippen molar-refractivity contribution in [1.29, 1.82) is 0 Å². The summed E-state index contributed by atoms with van der Waals surface area (Å²) in [5.41, 5.74) is 1.69. The van der Waals surface area contributed by atoms with Gasteiger partial charge in [0.05, 0.1) is 16.6 Å². The molecule has 18 heavy (non-hydrogen) atoms. The molecular weight excluding hydrogens is 294 g/mol.